The van der Waals surface area contributed by atoms with E-state index in [1.807, 2.05) is 37.3 Å². The zero-order valence-electron chi connectivity index (χ0n) is 15.9. The monoisotopic (exact) mass is 416 g/mol. The molecule has 3 atom stereocenters. The van der Waals surface area contributed by atoms with Gasteiger partial charge in [0.15, 0.2) is 0 Å². The Kier molecular flexibility index (Phi) is 5.54. The van der Waals surface area contributed by atoms with Crippen molar-refractivity contribution in [3.05, 3.63) is 59.4 Å². The van der Waals surface area contributed by atoms with E-state index in [1.54, 1.807) is 5.01 Å². The number of rotatable bonds is 4. The standard InChI is InChI=1S/C21H22ClFN4O2/c1-2-26-11-15(20(28)24-13-8-9-18(23)17(22)10-13)19-16(12-26)21(29)27(25-19)14-6-4-3-5-7-14/h3-10,15-16,19,25H,2,11-12H2,1H3,(H,24,28). The molecule has 2 heterocycles. The van der Waals surface area contributed by atoms with Gasteiger partial charge in [-0.2, -0.15) is 0 Å². The van der Waals surface area contributed by atoms with Gasteiger partial charge < -0.3 is 10.2 Å². The van der Waals surface area contributed by atoms with Crippen molar-refractivity contribution in [3.8, 4) is 0 Å². The third-order valence-electron chi connectivity index (χ3n) is 5.58. The smallest absolute Gasteiger partial charge is 0.247 e. The second kappa shape index (κ2) is 8.10. The van der Waals surface area contributed by atoms with Crippen LogP contribution in [0.3, 0.4) is 0 Å². The Balaban J connectivity index is 1.57. The highest BCUT2D eigenvalue weighted by Gasteiger charge is 2.50. The SMILES string of the molecule is CCN1CC(C(=O)Nc2ccc(F)c(Cl)c2)C2NN(c3ccccc3)C(=O)C2C1. The van der Waals surface area contributed by atoms with Crippen molar-refractivity contribution in [2.45, 2.75) is 13.0 Å². The van der Waals surface area contributed by atoms with Crippen LogP contribution >= 0.6 is 11.6 Å². The van der Waals surface area contributed by atoms with E-state index in [1.165, 1.54) is 18.2 Å². The highest BCUT2D eigenvalue weighted by molar-refractivity contribution is 6.31. The minimum absolute atomic E-state index is 0.0398. The third kappa shape index (κ3) is 3.85. The summed E-state index contributed by atoms with van der Waals surface area (Å²) in [5.41, 5.74) is 4.43. The Morgan fingerprint density at radius 1 is 1.24 bits per heavy atom. The van der Waals surface area contributed by atoms with Crippen molar-refractivity contribution >= 4 is 34.8 Å². The van der Waals surface area contributed by atoms with Crippen LogP contribution in [0.2, 0.25) is 5.02 Å². The van der Waals surface area contributed by atoms with Crippen LogP contribution in [0.25, 0.3) is 0 Å². The minimum atomic E-state index is -0.541. The number of amides is 2. The van der Waals surface area contributed by atoms with E-state index in [9.17, 15) is 14.0 Å². The fourth-order valence-corrected chi connectivity index (χ4v) is 4.20. The number of likely N-dealkylation sites (tertiary alicyclic amines) is 1. The van der Waals surface area contributed by atoms with E-state index in [2.05, 4.69) is 15.6 Å². The molecule has 152 valence electrons. The largest absolute Gasteiger partial charge is 0.326 e. The van der Waals surface area contributed by atoms with E-state index in [0.29, 0.717) is 18.8 Å². The van der Waals surface area contributed by atoms with Crippen LogP contribution in [0.1, 0.15) is 6.92 Å². The Morgan fingerprint density at radius 3 is 2.69 bits per heavy atom. The number of halogens is 2. The number of hydrogen-bond acceptors (Lipinski definition) is 4. The molecule has 0 bridgehead atoms. The molecule has 2 aromatic rings. The summed E-state index contributed by atoms with van der Waals surface area (Å²) in [6.45, 7) is 3.88. The van der Waals surface area contributed by atoms with Gasteiger partial charge in [0.1, 0.15) is 5.82 Å². The maximum absolute atomic E-state index is 13.4. The molecule has 0 aliphatic carbocycles. The molecule has 0 saturated carbocycles. The van der Waals surface area contributed by atoms with Crippen LogP contribution in [0.15, 0.2) is 48.5 Å². The van der Waals surface area contributed by atoms with Gasteiger partial charge in [-0.1, -0.05) is 36.7 Å². The maximum atomic E-state index is 13.4. The molecule has 8 heteroatoms. The van der Waals surface area contributed by atoms with E-state index in [0.717, 1.165) is 12.2 Å². The van der Waals surface area contributed by atoms with Gasteiger partial charge >= 0.3 is 0 Å². The summed E-state index contributed by atoms with van der Waals surface area (Å²) in [5, 5.41) is 4.31. The Morgan fingerprint density at radius 2 is 2.00 bits per heavy atom. The van der Waals surface area contributed by atoms with Crippen molar-refractivity contribution in [1.82, 2.24) is 10.3 Å². The summed E-state index contributed by atoms with van der Waals surface area (Å²) < 4.78 is 13.4. The van der Waals surface area contributed by atoms with Crippen molar-refractivity contribution < 1.29 is 14.0 Å². The molecule has 2 aromatic carbocycles. The maximum Gasteiger partial charge on any atom is 0.247 e. The van der Waals surface area contributed by atoms with Gasteiger partial charge in [-0.15, -0.1) is 0 Å². The first kappa shape index (κ1) is 19.8. The van der Waals surface area contributed by atoms with Crippen LogP contribution < -0.4 is 15.8 Å². The Bertz CT molecular complexity index is 926. The van der Waals surface area contributed by atoms with Gasteiger partial charge in [-0.3, -0.25) is 9.59 Å². The third-order valence-corrected chi connectivity index (χ3v) is 5.87. The molecule has 0 radical (unpaired) electrons. The van der Waals surface area contributed by atoms with E-state index in [4.69, 9.17) is 11.6 Å². The first-order valence-electron chi connectivity index (χ1n) is 9.61. The minimum Gasteiger partial charge on any atom is -0.326 e. The van der Waals surface area contributed by atoms with Gasteiger partial charge in [-0.05, 0) is 36.9 Å². The number of nitrogens with zero attached hydrogens (tertiary/aromatic N) is 2. The molecule has 2 aliphatic rings. The molecule has 6 nitrogen and oxygen atoms in total. The van der Waals surface area contributed by atoms with Gasteiger partial charge in [0.05, 0.1) is 28.6 Å². The molecular weight excluding hydrogens is 395 g/mol. The van der Waals surface area contributed by atoms with Gasteiger partial charge in [0.2, 0.25) is 11.8 Å². The number of carbonyl (C=O) groups excluding carboxylic acids is 2. The topological polar surface area (TPSA) is 64.7 Å². The number of anilines is 2. The Hall–Kier alpha value is -2.48. The summed E-state index contributed by atoms with van der Waals surface area (Å²) in [6, 6.07) is 13.1. The zero-order valence-corrected chi connectivity index (χ0v) is 16.7. The lowest BCUT2D eigenvalue weighted by molar-refractivity contribution is -0.126. The first-order valence-corrected chi connectivity index (χ1v) is 9.99. The number of nitrogens with one attached hydrogen (secondary N) is 2. The molecule has 29 heavy (non-hydrogen) atoms. The first-order chi connectivity index (χ1) is 14.0. The van der Waals surface area contributed by atoms with Gasteiger partial charge in [-0.25, -0.2) is 14.8 Å². The second-order valence-corrected chi connectivity index (χ2v) is 7.75. The molecule has 2 amide bonds. The number of hydrazine groups is 1. The van der Waals surface area contributed by atoms with Crippen molar-refractivity contribution in [3.63, 3.8) is 0 Å². The van der Waals surface area contributed by atoms with Crippen molar-refractivity contribution in [2.24, 2.45) is 11.8 Å². The highest BCUT2D eigenvalue weighted by atomic mass is 35.5. The predicted molar refractivity (Wildman–Crippen MR) is 110 cm³/mol. The second-order valence-electron chi connectivity index (χ2n) is 7.35. The average Bonchev–Trinajstić information content (AvgIpc) is 3.07. The Labute approximate surface area is 173 Å². The number of piperidine rings is 1. The molecule has 4 rings (SSSR count). The molecule has 2 aliphatic heterocycles. The zero-order chi connectivity index (χ0) is 20.5. The highest BCUT2D eigenvalue weighted by Crippen LogP contribution is 2.32. The van der Waals surface area contributed by atoms with Crippen LogP contribution in [0.4, 0.5) is 15.8 Å². The summed E-state index contributed by atoms with van der Waals surface area (Å²) >= 11 is 5.83. The van der Waals surface area contributed by atoms with Crippen molar-refractivity contribution in [1.29, 1.82) is 0 Å². The van der Waals surface area contributed by atoms with Crippen molar-refractivity contribution in [2.75, 3.05) is 30.0 Å². The van der Waals surface area contributed by atoms with Crippen LogP contribution in [-0.4, -0.2) is 42.4 Å². The summed E-state index contributed by atoms with van der Waals surface area (Å²) in [6.07, 6.45) is 0. The number of fused-ring (bicyclic) bond motifs is 1. The molecule has 0 spiro atoms. The molecule has 2 fully saturated rings. The van der Waals surface area contributed by atoms with Crippen LogP contribution in [0.5, 0.6) is 0 Å². The number of hydrogen-bond donors (Lipinski definition) is 2. The predicted octanol–water partition coefficient (Wildman–Crippen LogP) is 2.91. The lowest BCUT2D eigenvalue weighted by Gasteiger charge is -2.37. The summed E-state index contributed by atoms with van der Waals surface area (Å²) in [5.74, 6) is -1.58. The fourth-order valence-electron chi connectivity index (χ4n) is 4.02. The molecule has 0 aromatic heterocycles. The normalized spacial score (nSPS) is 24.4. The van der Waals surface area contributed by atoms with Crippen LogP contribution in [0, 0.1) is 17.7 Å². The van der Waals surface area contributed by atoms with E-state index < -0.39 is 11.7 Å². The number of carbonyl (C=O) groups is 2. The average molecular weight is 417 g/mol. The molecule has 3 unspecified atom stereocenters. The molecular formula is C21H22ClFN4O2. The molecule has 2 saturated heterocycles. The lowest BCUT2D eigenvalue weighted by Crippen LogP contribution is -2.55. The summed E-state index contributed by atoms with van der Waals surface area (Å²) in [7, 11) is 0. The summed E-state index contributed by atoms with van der Waals surface area (Å²) in [4.78, 5) is 28.2. The van der Waals surface area contributed by atoms with E-state index in [-0.39, 0.29) is 28.8 Å². The van der Waals surface area contributed by atoms with Gasteiger partial charge in [0.25, 0.3) is 0 Å². The number of para-hydroxylation sites is 1. The molecule has 2 N–H and O–H groups in total. The van der Waals surface area contributed by atoms with Gasteiger partial charge in [0, 0.05) is 18.8 Å². The van der Waals surface area contributed by atoms with E-state index >= 15 is 0 Å². The number of benzene rings is 2. The van der Waals surface area contributed by atoms with Crippen LogP contribution in [-0.2, 0) is 9.59 Å². The fraction of sp³-hybridized carbons (Fsp3) is 0.333. The quantitative estimate of drug-likeness (QED) is 0.804. The lowest BCUT2D eigenvalue weighted by atomic mass is 9.84.